The molecule has 0 bridgehead atoms. The number of halogens is 2. The summed E-state index contributed by atoms with van der Waals surface area (Å²) in [4.78, 5) is 25.0. The largest absolute Gasteiger partial charge is 0.478 e. The number of nitrogens with one attached hydrogen (secondary N) is 1. The van der Waals surface area contributed by atoms with Crippen molar-refractivity contribution in [1.82, 2.24) is 4.90 Å². The quantitative estimate of drug-likeness (QED) is 0.684. The molecule has 6 nitrogen and oxygen atoms in total. The van der Waals surface area contributed by atoms with Gasteiger partial charge in [0.1, 0.15) is 0 Å². The number of rotatable bonds is 2. The molecule has 0 unspecified atom stereocenters. The SMILES string of the molecule is O=C(O)c1cc(Br)cc(Br)c1NC(=O)N1CCC(O)CC1. The number of anilines is 1. The number of hydrogen-bond donors (Lipinski definition) is 3. The topological polar surface area (TPSA) is 89.9 Å². The first-order chi connectivity index (χ1) is 9.88. The zero-order chi connectivity index (χ0) is 15.6. The molecule has 0 radical (unpaired) electrons. The zero-order valence-corrected chi connectivity index (χ0v) is 14.1. The van der Waals surface area contributed by atoms with Crippen LogP contribution in [0.2, 0.25) is 0 Å². The minimum absolute atomic E-state index is 0.00152. The van der Waals surface area contributed by atoms with E-state index in [1.807, 2.05) is 0 Å². The van der Waals surface area contributed by atoms with Crippen molar-refractivity contribution in [2.45, 2.75) is 18.9 Å². The maximum absolute atomic E-state index is 12.2. The summed E-state index contributed by atoms with van der Waals surface area (Å²) in [6.07, 6.45) is 0.685. The number of benzene rings is 1. The fraction of sp³-hybridized carbons (Fsp3) is 0.385. The van der Waals surface area contributed by atoms with Crippen molar-refractivity contribution < 1.29 is 19.8 Å². The van der Waals surface area contributed by atoms with E-state index in [1.165, 1.54) is 6.07 Å². The molecule has 8 heteroatoms. The normalized spacial score (nSPS) is 15.9. The Balaban J connectivity index is 2.19. The highest BCUT2D eigenvalue weighted by Gasteiger charge is 2.23. The molecule has 1 aliphatic heterocycles. The predicted molar refractivity (Wildman–Crippen MR) is 84.6 cm³/mol. The smallest absolute Gasteiger partial charge is 0.337 e. The Labute approximate surface area is 138 Å². The van der Waals surface area contributed by atoms with Crippen LogP contribution in [0.25, 0.3) is 0 Å². The molecular formula is C13H14Br2N2O4. The van der Waals surface area contributed by atoms with E-state index in [1.54, 1.807) is 11.0 Å². The molecule has 0 spiro atoms. The number of nitrogens with zero attached hydrogens (tertiary/aromatic N) is 1. The number of aliphatic hydroxyl groups is 1. The van der Waals surface area contributed by atoms with E-state index in [2.05, 4.69) is 37.2 Å². The molecule has 0 aromatic heterocycles. The number of carbonyl (C=O) groups excluding carboxylic acids is 1. The van der Waals surface area contributed by atoms with Gasteiger partial charge in [0.25, 0.3) is 0 Å². The molecular weight excluding hydrogens is 408 g/mol. The Morgan fingerprint density at radius 3 is 2.43 bits per heavy atom. The first-order valence-electron chi connectivity index (χ1n) is 6.35. The molecule has 0 saturated carbocycles. The number of piperidine rings is 1. The summed E-state index contributed by atoms with van der Waals surface area (Å²) < 4.78 is 1.09. The lowest BCUT2D eigenvalue weighted by Crippen LogP contribution is -2.42. The van der Waals surface area contributed by atoms with Crippen molar-refractivity contribution in [2.75, 3.05) is 18.4 Å². The molecule has 3 N–H and O–H groups in total. The average Bonchev–Trinajstić information content (AvgIpc) is 2.41. The molecule has 1 saturated heterocycles. The first-order valence-corrected chi connectivity index (χ1v) is 7.93. The van der Waals surface area contributed by atoms with Gasteiger partial charge in [0.15, 0.2) is 0 Å². The number of carboxylic acids is 1. The molecule has 1 aromatic rings. The van der Waals surface area contributed by atoms with Crippen LogP contribution in [0.15, 0.2) is 21.1 Å². The molecule has 1 fully saturated rings. The summed E-state index contributed by atoms with van der Waals surface area (Å²) in [7, 11) is 0. The summed E-state index contributed by atoms with van der Waals surface area (Å²) in [6.45, 7) is 0.896. The van der Waals surface area contributed by atoms with Gasteiger partial charge >= 0.3 is 12.0 Å². The first kappa shape index (κ1) is 16.3. The van der Waals surface area contributed by atoms with Crippen LogP contribution in [-0.2, 0) is 0 Å². The van der Waals surface area contributed by atoms with Gasteiger partial charge in [0, 0.05) is 22.0 Å². The lowest BCUT2D eigenvalue weighted by Gasteiger charge is -2.30. The van der Waals surface area contributed by atoms with Gasteiger partial charge in [-0.25, -0.2) is 9.59 Å². The van der Waals surface area contributed by atoms with Crippen molar-refractivity contribution >= 4 is 49.5 Å². The van der Waals surface area contributed by atoms with Crippen LogP contribution in [0, 0.1) is 0 Å². The number of aliphatic hydroxyl groups excluding tert-OH is 1. The molecule has 2 rings (SSSR count). The minimum atomic E-state index is -1.12. The molecule has 0 atom stereocenters. The lowest BCUT2D eigenvalue weighted by atomic mass is 10.1. The number of likely N-dealkylation sites (tertiary alicyclic amines) is 1. The molecule has 0 aliphatic carbocycles. The molecule has 1 heterocycles. The van der Waals surface area contributed by atoms with E-state index in [-0.39, 0.29) is 23.4 Å². The summed E-state index contributed by atoms with van der Waals surface area (Å²) in [5, 5.41) is 21.3. The van der Waals surface area contributed by atoms with Crippen molar-refractivity contribution in [3.63, 3.8) is 0 Å². The van der Waals surface area contributed by atoms with Gasteiger partial charge in [0.2, 0.25) is 0 Å². The Hall–Kier alpha value is -1.12. The van der Waals surface area contributed by atoms with E-state index >= 15 is 0 Å². The van der Waals surface area contributed by atoms with Crippen LogP contribution < -0.4 is 5.32 Å². The summed E-state index contributed by atoms with van der Waals surface area (Å²) in [6, 6.07) is 2.73. The van der Waals surface area contributed by atoms with Crippen molar-refractivity contribution in [2.24, 2.45) is 0 Å². The van der Waals surface area contributed by atoms with Crippen LogP contribution in [0.4, 0.5) is 10.5 Å². The van der Waals surface area contributed by atoms with Gasteiger partial charge in [-0.3, -0.25) is 0 Å². The van der Waals surface area contributed by atoms with E-state index in [4.69, 9.17) is 0 Å². The Bertz CT molecular complexity index is 572. The van der Waals surface area contributed by atoms with E-state index in [9.17, 15) is 19.8 Å². The number of urea groups is 1. The molecule has 21 heavy (non-hydrogen) atoms. The monoisotopic (exact) mass is 420 g/mol. The highest BCUT2D eigenvalue weighted by molar-refractivity contribution is 9.11. The summed E-state index contributed by atoms with van der Waals surface area (Å²) in [5.74, 6) is -1.12. The van der Waals surface area contributed by atoms with Gasteiger partial charge in [-0.05, 0) is 40.9 Å². The number of carboxylic acid groups (broad SMARTS) is 1. The second-order valence-electron chi connectivity index (χ2n) is 4.76. The highest BCUT2D eigenvalue weighted by Crippen LogP contribution is 2.31. The third-order valence-electron chi connectivity index (χ3n) is 3.27. The second kappa shape index (κ2) is 6.76. The third-order valence-corrected chi connectivity index (χ3v) is 4.35. The predicted octanol–water partition coefficient (Wildman–Crippen LogP) is 2.90. The van der Waals surface area contributed by atoms with Gasteiger partial charge in [-0.2, -0.15) is 0 Å². The Morgan fingerprint density at radius 2 is 1.86 bits per heavy atom. The maximum atomic E-state index is 12.2. The molecule has 1 aliphatic rings. The minimum Gasteiger partial charge on any atom is -0.478 e. The fourth-order valence-electron chi connectivity index (χ4n) is 2.12. The zero-order valence-electron chi connectivity index (χ0n) is 11.0. The van der Waals surface area contributed by atoms with Crippen LogP contribution in [0.5, 0.6) is 0 Å². The average molecular weight is 422 g/mol. The third kappa shape index (κ3) is 3.96. The number of amides is 2. The van der Waals surface area contributed by atoms with Gasteiger partial charge < -0.3 is 20.4 Å². The van der Waals surface area contributed by atoms with Crippen molar-refractivity contribution in [3.8, 4) is 0 Å². The van der Waals surface area contributed by atoms with E-state index < -0.39 is 5.97 Å². The maximum Gasteiger partial charge on any atom is 0.337 e. The lowest BCUT2D eigenvalue weighted by molar-refractivity contribution is 0.0698. The van der Waals surface area contributed by atoms with E-state index in [0.29, 0.717) is 34.9 Å². The molecule has 1 aromatic carbocycles. The second-order valence-corrected chi connectivity index (χ2v) is 6.53. The van der Waals surface area contributed by atoms with Gasteiger partial charge in [0.05, 0.1) is 17.4 Å². The van der Waals surface area contributed by atoms with Crippen LogP contribution in [0.3, 0.4) is 0 Å². The Morgan fingerprint density at radius 1 is 1.24 bits per heavy atom. The van der Waals surface area contributed by atoms with E-state index in [0.717, 1.165) is 0 Å². The van der Waals surface area contributed by atoms with Crippen LogP contribution >= 0.6 is 31.9 Å². The van der Waals surface area contributed by atoms with Gasteiger partial charge in [-0.1, -0.05) is 15.9 Å². The Kier molecular flexibility index (Phi) is 5.23. The number of carbonyl (C=O) groups is 2. The molecule has 2 amide bonds. The fourth-order valence-corrected chi connectivity index (χ4v) is 3.45. The van der Waals surface area contributed by atoms with Crippen molar-refractivity contribution in [3.05, 3.63) is 26.6 Å². The molecule has 114 valence electrons. The van der Waals surface area contributed by atoms with Crippen LogP contribution in [-0.4, -0.2) is 46.3 Å². The standard InChI is InChI=1S/C13H14Br2N2O4/c14-7-5-9(12(19)20)11(10(15)6-7)16-13(21)17-3-1-8(18)2-4-17/h5-6,8,18H,1-4H2,(H,16,21)(H,19,20). The number of hydrogen-bond acceptors (Lipinski definition) is 3. The van der Waals surface area contributed by atoms with Crippen molar-refractivity contribution in [1.29, 1.82) is 0 Å². The van der Waals surface area contributed by atoms with Gasteiger partial charge in [-0.15, -0.1) is 0 Å². The number of aromatic carboxylic acids is 1. The summed E-state index contributed by atoms with van der Waals surface area (Å²) in [5.41, 5.74) is 0.225. The summed E-state index contributed by atoms with van der Waals surface area (Å²) >= 11 is 6.48. The van der Waals surface area contributed by atoms with Crippen LogP contribution in [0.1, 0.15) is 23.2 Å². The highest BCUT2D eigenvalue weighted by atomic mass is 79.9.